The van der Waals surface area contributed by atoms with Crippen molar-refractivity contribution < 1.29 is 14.0 Å². The van der Waals surface area contributed by atoms with Crippen molar-refractivity contribution in [3.63, 3.8) is 0 Å². The van der Waals surface area contributed by atoms with Gasteiger partial charge in [-0.05, 0) is 32.9 Å². The summed E-state index contributed by atoms with van der Waals surface area (Å²) in [5, 5.41) is 8.59. The fraction of sp³-hybridized carbons (Fsp3) is 0.364. The van der Waals surface area contributed by atoms with Crippen LogP contribution >= 0.6 is 0 Å². The number of hydrogen-bond donors (Lipinski definition) is 2. The molecular formula is C22H25FN6O2. The van der Waals surface area contributed by atoms with Crippen LogP contribution in [0.1, 0.15) is 42.7 Å². The summed E-state index contributed by atoms with van der Waals surface area (Å²) in [6.07, 6.45) is 0.956. The Labute approximate surface area is 179 Å². The van der Waals surface area contributed by atoms with Gasteiger partial charge < -0.3 is 16.0 Å². The molecule has 1 aliphatic rings. The molecule has 1 fully saturated rings. The molecule has 162 valence electrons. The molecule has 2 amide bonds. The molecule has 0 aliphatic carbocycles. The molecule has 0 spiro atoms. The normalized spacial score (nSPS) is 14.5. The molecular weight excluding hydrogens is 399 g/mol. The van der Waals surface area contributed by atoms with Gasteiger partial charge in [0, 0.05) is 29.9 Å². The number of hydrogen-bond acceptors (Lipinski definition) is 5. The summed E-state index contributed by atoms with van der Waals surface area (Å²) < 4.78 is 15.7. The third-order valence-corrected chi connectivity index (χ3v) is 5.16. The van der Waals surface area contributed by atoms with Crippen molar-refractivity contribution in [1.29, 1.82) is 0 Å². The van der Waals surface area contributed by atoms with Gasteiger partial charge in [0.05, 0.1) is 23.0 Å². The molecule has 1 aliphatic heterocycles. The number of carbonyl (C=O) groups is 2. The molecule has 0 bridgehead atoms. The van der Waals surface area contributed by atoms with E-state index in [0.29, 0.717) is 13.1 Å². The Kier molecular flexibility index (Phi) is 5.12. The second kappa shape index (κ2) is 7.64. The minimum Gasteiger partial charge on any atom is -0.384 e. The number of nitrogens with zero attached hydrogens (tertiary/aromatic N) is 4. The van der Waals surface area contributed by atoms with Crippen LogP contribution < -0.4 is 11.1 Å². The number of nitrogens with two attached hydrogens (primary N) is 1. The van der Waals surface area contributed by atoms with Crippen molar-refractivity contribution in [3.05, 3.63) is 53.6 Å². The number of pyridine rings is 1. The number of nitrogen functional groups attached to an aromatic ring is 1. The van der Waals surface area contributed by atoms with Gasteiger partial charge in [0.2, 0.25) is 5.91 Å². The van der Waals surface area contributed by atoms with Gasteiger partial charge in [-0.2, -0.15) is 5.10 Å². The Morgan fingerprint density at radius 3 is 2.68 bits per heavy atom. The number of benzene rings is 1. The van der Waals surface area contributed by atoms with Crippen LogP contribution in [-0.2, 0) is 11.3 Å². The molecule has 1 aromatic carbocycles. The van der Waals surface area contributed by atoms with Gasteiger partial charge in [-0.25, -0.2) is 9.37 Å². The number of carbonyl (C=O) groups excluding carboxylic acids is 2. The van der Waals surface area contributed by atoms with E-state index in [1.54, 1.807) is 9.58 Å². The van der Waals surface area contributed by atoms with E-state index in [0.717, 1.165) is 22.8 Å². The SMILES string of the molecule is CC(C)(C)NC(=O)Cn1nc(C2CN(C(=O)c3cc(N)ncc3F)C2)c2ccccc21. The zero-order valence-corrected chi connectivity index (χ0v) is 17.7. The molecule has 3 aromatic rings. The van der Waals surface area contributed by atoms with Gasteiger partial charge in [-0.3, -0.25) is 14.3 Å². The highest BCUT2D eigenvalue weighted by Gasteiger charge is 2.36. The lowest BCUT2D eigenvalue weighted by Gasteiger charge is -2.38. The first-order chi connectivity index (χ1) is 14.6. The van der Waals surface area contributed by atoms with Crippen LogP contribution in [0, 0.1) is 5.82 Å². The minimum absolute atomic E-state index is 0.00280. The Bertz CT molecular complexity index is 1160. The Hall–Kier alpha value is -3.49. The van der Waals surface area contributed by atoms with Gasteiger partial charge in [-0.1, -0.05) is 18.2 Å². The highest BCUT2D eigenvalue weighted by atomic mass is 19.1. The number of halogens is 1. The first-order valence-corrected chi connectivity index (χ1v) is 10.1. The lowest BCUT2D eigenvalue weighted by atomic mass is 9.93. The van der Waals surface area contributed by atoms with E-state index in [9.17, 15) is 14.0 Å². The van der Waals surface area contributed by atoms with Crippen molar-refractivity contribution in [1.82, 2.24) is 25.0 Å². The van der Waals surface area contributed by atoms with E-state index < -0.39 is 11.7 Å². The summed E-state index contributed by atoms with van der Waals surface area (Å²) >= 11 is 0. The molecule has 0 radical (unpaired) electrons. The molecule has 0 unspecified atom stereocenters. The molecule has 3 N–H and O–H groups in total. The number of fused-ring (bicyclic) bond motifs is 1. The van der Waals surface area contributed by atoms with E-state index in [2.05, 4.69) is 10.3 Å². The number of aromatic nitrogens is 3. The molecule has 0 saturated carbocycles. The topological polar surface area (TPSA) is 106 Å². The number of nitrogens with one attached hydrogen (secondary N) is 1. The summed E-state index contributed by atoms with van der Waals surface area (Å²) in [6.45, 7) is 6.71. The Morgan fingerprint density at radius 1 is 1.26 bits per heavy atom. The van der Waals surface area contributed by atoms with E-state index >= 15 is 0 Å². The summed E-state index contributed by atoms with van der Waals surface area (Å²) in [7, 11) is 0. The monoisotopic (exact) mass is 424 g/mol. The van der Waals surface area contributed by atoms with Gasteiger partial charge in [0.15, 0.2) is 5.82 Å². The van der Waals surface area contributed by atoms with E-state index in [4.69, 9.17) is 10.8 Å². The van der Waals surface area contributed by atoms with Crippen LogP contribution in [0.3, 0.4) is 0 Å². The van der Waals surface area contributed by atoms with Crippen LogP contribution in [0.15, 0.2) is 36.5 Å². The summed E-state index contributed by atoms with van der Waals surface area (Å²) in [5.74, 6) is -1.13. The molecule has 2 aromatic heterocycles. The zero-order valence-electron chi connectivity index (χ0n) is 17.7. The second-order valence-electron chi connectivity index (χ2n) is 8.85. The number of anilines is 1. The maximum absolute atomic E-state index is 14.0. The number of likely N-dealkylation sites (tertiary alicyclic amines) is 1. The van der Waals surface area contributed by atoms with Gasteiger partial charge in [0.25, 0.3) is 5.91 Å². The van der Waals surface area contributed by atoms with Crippen LogP contribution in [0.2, 0.25) is 0 Å². The standard InChI is InChI=1S/C22H25FN6O2/c1-22(2,3)26-19(30)12-29-17-7-5-4-6-14(17)20(27-29)13-10-28(11-13)21(31)15-8-18(24)25-9-16(15)23/h4-9,13H,10-12H2,1-3H3,(H2,24,25)(H,26,30). The van der Waals surface area contributed by atoms with E-state index in [-0.39, 0.29) is 35.3 Å². The highest BCUT2D eigenvalue weighted by molar-refractivity contribution is 5.96. The van der Waals surface area contributed by atoms with Crippen LogP contribution in [0.4, 0.5) is 10.2 Å². The number of rotatable bonds is 4. The third-order valence-electron chi connectivity index (χ3n) is 5.16. The summed E-state index contributed by atoms with van der Waals surface area (Å²) in [4.78, 5) is 30.3. The average molecular weight is 424 g/mol. The molecule has 31 heavy (non-hydrogen) atoms. The minimum atomic E-state index is -0.692. The van der Waals surface area contributed by atoms with E-state index in [1.165, 1.54) is 6.07 Å². The molecule has 9 heteroatoms. The second-order valence-corrected chi connectivity index (χ2v) is 8.85. The molecule has 1 saturated heterocycles. The lowest BCUT2D eigenvalue weighted by molar-refractivity contribution is -0.123. The van der Waals surface area contributed by atoms with Crippen LogP contribution in [-0.4, -0.2) is 50.1 Å². The van der Waals surface area contributed by atoms with Gasteiger partial charge >= 0.3 is 0 Å². The third kappa shape index (κ3) is 4.21. The predicted molar refractivity (Wildman–Crippen MR) is 115 cm³/mol. The highest BCUT2D eigenvalue weighted by Crippen LogP contribution is 2.33. The summed E-state index contributed by atoms with van der Waals surface area (Å²) in [6, 6.07) is 8.96. The van der Waals surface area contributed by atoms with Crippen molar-refractivity contribution in [3.8, 4) is 0 Å². The molecule has 3 heterocycles. The van der Waals surface area contributed by atoms with Gasteiger partial charge in [-0.15, -0.1) is 0 Å². The quantitative estimate of drug-likeness (QED) is 0.669. The van der Waals surface area contributed by atoms with Gasteiger partial charge in [0.1, 0.15) is 12.4 Å². The van der Waals surface area contributed by atoms with Crippen LogP contribution in [0.25, 0.3) is 10.9 Å². The average Bonchev–Trinajstić information content (AvgIpc) is 2.99. The smallest absolute Gasteiger partial charge is 0.257 e. The molecule has 8 nitrogen and oxygen atoms in total. The summed E-state index contributed by atoms with van der Waals surface area (Å²) in [5.41, 5.74) is 6.87. The largest absolute Gasteiger partial charge is 0.384 e. The van der Waals surface area contributed by atoms with Crippen molar-refractivity contribution in [2.24, 2.45) is 0 Å². The maximum atomic E-state index is 14.0. The van der Waals surface area contributed by atoms with Crippen molar-refractivity contribution in [2.75, 3.05) is 18.8 Å². The number of para-hydroxylation sites is 1. The zero-order chi connectivity index (χ0) is 22.3. The fourth-order valence-electron chi connectivity index (χ4n) is 3.78. The fourth-order valence-corrected chi connectivity index (χ4v) is 3.78. The van der Waals surface area contributed by atoms with Crippen molar-refractivity contribution in [2.45, 2.75) is 38.8 Å². The predicted octanol–water partition coefficient (Wildman–Crippen LogP) is 2.31. The van der Waals surface area contributed by atoms with E-state index in [1.807, 2.05) is 45.0 Å². The number of amides is 2. The lowest BCUT2D eigenvalue weighted by Crippen LogP contribution is -2.49. The Balaban J connectivity index is 1.53. The Morgan fingerprint density at radius 2 is 1.97 bits per heavy atom. The molecule has 0 atom stereocenters. The first kappa shape index (κ1) is 20.8. The maximum Gasteiger partial charge on any atom is 0.257 e. The van der Waals surface area contributed by atoms with Crippen molar-refractivity contribution >= 4 is 28.5 Å². The first-order valence-electron chi connectivity index (χ1n) is 10.1. The van der Waals surface area contributed by atoms with Crippen LogP contribution in [0.5, 0.6) is 0 Å². The molecule has 4 rings (SSSR count).